The quantitative estimate of drug-likeness (QED) is 0.154. The molecule has 0 spiro atoms. The summed E-state index contributed by atoms with van der Waals surface area (Å²) in [6, 6.07) is 34.5. The average Bonchev–Trinajstić information content (AvgIpc) is 3.17. The number of allylic oxidation sites excluding steroid dienone is 2. The van der Waals surface area contributed by atoms with E-state index in [2.05, 4.69) is 129 Å². The van der Waals surface area contributed by atoms with E-state index in [1.165, 1.54) is 11.1 Å². The molecule has 0 radical (unpaired) electrons. The van der Waals surface area contributed by atoms with Gasteiger partial charge in [-0.1, -0.05) is 123 Å². The number of rotatable bonds is 11. The van der Waals surface area contributed by atoms with Crippen LogP contribution in [0.3, 0.4) is 0 Å². The first kappa shape index (κ1) is 27.8. The summed E-state index contributed by atoms with van der Waals surface area (Å²) in [5.74, 6) is 0. The Hall–Kier alpha value is -3.78. The maximum atomic E-state index is 7.12. The molecule has 2 atom stereocenters. The number of fused-ring (bicyclic) bond motifs is 3. The monoisotopic (exact) mass is 547 g/mol. The van der Waals surface area contributed by atoms with E-state index < -0.39 is 8.16 Å². The van der Waals surface area contributed by atoms with Crippen LogP contribution in [0, 0.1) is 0 Å². The third-order valence-corrected chi connectivity index (χ3v) is 9.13. The Balaban J connectivity index is 1.90. The van der Waals surface area contributed by atoms with Crippen molar-refractivity contribution in [2.45, 2.75) is 51.6 Å². The zero-order valence-electron chi connectivity index (χ0n) is 23.5. The predicted molar refractivity (Wildman–Crippen MR) is 171 cm³/mol. The molecule has 0 saturated heterocycles. The van der Waals surface area contributed by atoms with Crippen molar-refractivity contribution in [3.05, 3.63) is 145 Å². The second kappa shape index (κ2) is 13.0. The smallest absolute Gasteiger partial charge is 0.310 e. The summed E-state index contributed by atoms with van der Waals surface area (Å²) in [6.45, 7) is 12.6. The van der Waals surface area contributed by atoms with Crippen LogP contribution in [0.5, 0.6) is 0 Å². The number of nitrogens with zero attached hydrogens (tertiary/aromatic N) is 1. The second-order valence-electron chi connectivity index (χ2n) is 10.0. The van der Waals surface area contributed by atoms with Gasteiger partial charge in [0, 0.05) is 22.9 Å². The Kier molecular flexibility index (Phi) is 9.06. The van der Waals surface area contributed by atoms with Gasteiger partial charge in [-0.05, 0) is 47.9 Å². The largest absolute Gasteiger partial charge is 0.407 e. The van der Waals surface area contributed by atoms with Crippen molar-refractivity contribution in [1.29, 1.82) is 0 Å². The van der Waals surface area contributed by atoms with Gasteiger partial charge < -0.3 is 8.39 Å². The van der Waals surface area contributed by atoms with Gasteiger partial charge in [0.25, 0.3) is 0 Å². The Bertz CT molecular complexity index is 1510. The molecule has 1 heterocycles. The standard InChI is InChI=1S/C36H38NO2P/c1-5-17-29-23-15-25-31-32-26-16-24-30(18-6-2)36(32)39-40(38-35(29)31)37(33(7-3)27-19-11-9-12-20-27)34(8-4)28-21-13-10-14-22-28/h5-6,9-16,19-26,33-34H,1-2,7-8,17-18H2,3-4H3/t33-,34-/m1/s1. The summed E-state index contributed by atoms with van der Waals surface area (Å²) in [4.78, 5) is 0. The molecule has 3 nitrogen and oxygen atoms in total. The molecule has 0 aliphatic carbocycles. The van der Waals surface area contributed by atoms with Crippen LogP contribution in [0.4, 0.5) is 0 Å². The highest BCUT2D eigenvalue weighted by Crippen LogP contribution is 2.48. The van der Waals surface area contributed by atoms with E-state index >= 15 is 0 Å². The summed E-state index contributed by atoms with van der Waals surface area (Å²) < 4.78 is 16.8. The van der Waals surface area contributed by atoms with Crippen LogP contribution < -0.4 is 4.67 Å². The summed E-state index contributed by atoms with van der Waals surface area (Å²) >= 11 is 0. The first-order chi connectivity index (χ1) is 19.7. The van der Waals surface area contributed by atoms with Gasteiger partial charge in [-0.15, -0.1) is 13.2 Å². The van der Waals surface area contributed by atoms with Crippen molar-refractivity contribution in [1.82, 2.24) is 0 Å². The summed E-state index contributed by atoms with van der Waals surface area (Å²) in [7, 11) is -1.56. The molecule has 4 heteroatoms. The molecule has 0 N–H and O–H groups in total. The van der Waals surface area contributed by atoms with E-state index in [1.54, 1.807) is 0 Å². The van der Waals surface area contributed by atoms with Crippen molar-refractivity contribution in [2.24, 2.45) is 0 Å². The maximum Gasteiger partial charge on any atom is 0.310 e. The molecule has 4 aromatic carbocycles. The predicted octanol–water partition coefficient (Wildman–Crippen LogP) is 11.0. The molecule has 0 amide bonds. The van der Waals surface area contributed by atoms with Crippen molar-refractivity contribution < 1.29 is 8.39 Å². The fourth-order valence-corrected chi connectivity index (χ4v) is 7.68. The minimum atomic E-state index is -1.56. The third kappa shape index (κ3) is 5.59. The highest BCUT2D eigenvalue weighted by atomic mass is 31.1. The van der Waals surface area contributed by atoms with E-state index in [0.717, 1.165) is 58.7 Å². The van der Waals surface area contributed by atoms with E-state index in [4.69, 9.17) is 8.39 Å². The molecular formula is C36H38NO2P. The normalized spacial score (nSPS) is 12.9. The molecule has 0 saturated carbocycles. The van der Waals surface area contributed by atoms with Gasteiger partial charge in [-0.25, -0.2) is 0 Å². The number of hydrogen-bond donors (Lipinski definition) is 0. The van der Waals surface area contributed by atoms with Gasteiger partial charge in [-0.3, -0.25) is 0 Å². The highest BCUT2D eigenvalue weighted by molar-refractivity contribution is 7.39. The Morgan fingerprint density at radius 1 is 0.625 bits per heavy atom. The molecule has 1 aromatic heterocycles. The van der Waals surface area contributed by atoms with E-state index in [1.807, 2.05) is 12.2 Å². The number of benzene rings is 4. The van der Waals surface area contributed by atoms with Crippen molar-refractivity contribution in [3.63, 3.8) is 0 Å². The second-order valence-corrected chi connectivity index (χ2v) is 11.3. The first-order valence-electron chi connectivity index (χ1n) is 14.2. The highest BCUT2D eigenvalue weighted by Gasteiger charge is 2.32. The SMILES string of the molecule is C=CCc1cccc2c1op(N([C@H](CC)c1ccccc1)[C@H](CC)c1ccccc1)oc1c(CC=C)cccc12. The van der Waals surface area contributed by atoms with Crippen molar-refractivity contribution in [3.8, 4) is 0 Å². The molecule has 0 aliphatic heterocycles. The minimum absolute atomic E-state index is 0.0978. The van der Waals surface area contributed by atoms with Gasteiger partial charge in [0.15, 0.2) is 0 Å². The molecule has 0 fully saturated rings. The van der Waals surface area contributed by atoms with Crippen LogP contribution in [0.15, 0.2) is 131 Å². The zero-order chi connectivity index (χ0) is 27.9. The van der Waals surface area contributed by atoms with Crippen LogP contribution in [0.2, 0.25) is 0 Å². The van der Waals surface area contributed by atoms with Gasteiger partial charge in [0.1, 0.15) is 11.2 Å². The molecule has 0 unspecified atom stereocenters. The van der Waals surface area contributed by atoms with Gasteiger partial charge in [-0.2, -0.15) is 4.67 Å². The first-order valence-corrected chi connectivity index (χ1v) is 15.3. The number of para-hydroxylation sites is 2. The third-order valence-electron chi connectivity index (χ3n) is 7.52. The molecule has 204 valence electrons. The van der Waals surface area contributed by atoms with Crippen molar-refractivity contribution >= 4 is 30.1 Å². The molecular weight excluding hydrogens is 509 g/mol. The van der Waals surface area contributed by atoms with E-state index in [9.17, 15) is 0 Å². The van der Waals surface area contributed by atoms with Gasteiger partial charge in [0.05, 0.1) is 0 Å². The Labute approximate surface area is 239 Å². The van der Waals surface area contributed by atoms with Gasteiger partial charge >= 0.3 is 8.16 Å². The van der Waals surface area contributed by atoms with Gasteiger partial charge in [0.2, 0.25) is 0 Å². The van der Waals surface area contributed by atoms with Crippen molar-refractivity contribution in [2.75, 3.05) is 4.67 Å². The lowest BCUT2D eigenvalue weighted by atomic mass is 9.99. The zero-order valence-corrected chi connectivity index (χ0v) is 24.4. The topological polar surface area (TPSA) is 29.5 Å². The van der Waals surface area contributed by atoms with Crippen LogP contribution in [-0.4, -0.2) is 0 Å². The molecule has 0 bridgehead atoms. The Morgan fingerprint density at radius 3 is 1.43 bits per heavy atom. The van der Waals surface area contributed by atoms with E-state index in [0.29, 0.717) is 0 Å². The summed E-state index contributed by atoms with van der Waals surface area (Å²) in [5, 5.41) is 2.12. The average molecular weight is 548 g/mol. The van der Waals surface area contributed by atoms with Crippen LogP contribution in [0.1, 0.15) is 61.0 Å². The van der Waals surface area contributed by atoms with E-state index in [-0.39, 0.29) is 12.1 Å². The lowest BCUT2D eigenvalue weighted by molar-refractivity contribution is 0.503. The minimum Gasteiger partial charge on any atom is -0.407 e. The lowest BCUT2D eigenvalue weighted by Crippen LogP contribution is -2.30. The fourth-order valence-electron chi connectivity index (χ4n) is 5.66. The van der Waals surface area contributed by atoms with Crippen LogP contribution in [0.25, 0.3) is 21.9 Å². The molecule has 5 rings (SSSR count). The summed E-state index contributed by atoms with van der Waals surface area (Å²) in [6.07, 6.45) is 7.16. The van der Waals surface area contributed by atoms with Crippen LogP contribution in [-0.2, 0) is 12.8 Å². The fraction of sp³-hybridized carbons (Fsp3) is 0.222. The number of hydrogen-bond acceptors (Lipinski definition) is 3. The van der Waals surface area contributed by atoms with Crippen LogP contribution >= 0.6 is 8.16 Å². The Morgan fingerprint density at radius 2 is 1.05 bits per heavy atom. The molecule has 5 aromatic rings. The maximum absolute atomic E-state index is 7.12. The molecule has 40 heavy (non-hydrogen) atoms. The lowest BCUT2D eigenvalue weighted by Gasteiger charge is -2.35. The molecule has 0 aliphatic rings. The summed E-state index contributed by atoms with van der Waals surface area (Å²) in [5.41, 5.74) is 6.53.